The molecule has 0 heterocycles. The quantitative estimate of drug-likeness (QED) is 0.368. The second kappa shape index (κ2) is 6.17. The lowest BCUT2D eigenvalue weighted by atomic mass is 9.60. The SMILES string of the molecule is NC(=O)C1=C(O)C[C@@H]2C[C@@H]3Cc4c(C(=O)O)ccc(O)c4C(=O)C3=C(O)[C@]2(O)C1=O. The van der Waals surface area contributed by atoms with Crippen LogP contribution in [0.25, 0.3) is 0 Å². The minimum atomic E-state index is -2.64. The molecule has 0 bridgehead atoms. The van der Waals surface area contributed by atoms with Crippen molar-refractivity contribution in [3.63, 3.8) is 0 Å². The van der Waals surface area contributed by atoms with Gasteiger partial charge in [-0.1, -0.05) is 0 Å². The van der Waals surface area contributed by atoms with Gasteiger partial charge in [0.1, 0.15) is 22.8 Å². The van der Waals surface area contributed by atoms with Crippen molar-refractivity contribution in [3.8, 4) is 5.75 Å². The predicted octanol–water partition coefficient (Wildman–Crippen LogP) is 0.279. The summed E-state index contributed by atoms with van der Waals surface area (Å²) < 4.78 is 0. The lowest BCUT2D eigenvalue weighted by Gasteiger charge is -2.45. The molecule has 0 fully saturated rings. The zero-order chi connectivity index (χ0) is 22.1. The molecule has 10 nitrogen and oxygen atoms in total. The maximum atomic E-state index is 13.1. The number of fused-ring (bicyclic) bond motifs is 3. The molecule has 0 aromatic heterocycles. The number of aliphatic hydroxyl groups is 3. The van der Waals surface area contributed by atoms with Gasteiger partial charge < -0.3 is 31.3 Å². The number of amides is 1. The molecule has 1 aromatic rings. The summed E-state index contributed by atoms with van der Waals surface area (Å²) in [5.74, 6) is -8.75. The second-order valence-electron chi connectivity index (χ2n) is 7.70. The summed E-state index contributed by atoms with van der Waals surface area (Å²) in [6.07, 6.45) is -0.455. The van der Waals surface area contributed by atoms with Crippen LogP contribution in [0.1, 0.15) is 39.1 Å². The van der Waals surface area contributed by atoms with E-state index in [1.165, 1.54) is 0 Å². The molecule has 156 valence electrons. The number of nitrogens with two attached hydrogens (primary N) is 1. The fourth-order valence-corrected chi connectivity index (χ4v) is 4.82. The van der Waals surface area contributed by atoms with Crippen molar-refractivity contribution in [2.24, 2.45) is 17.6 Å². The number of ketones is 2. The van der Waals surface area contributed by atoms with Gasteiger partial charge in [0.2, 0.25) is 5.78 Å². The average Bonchev–Trinajstić information content (AvgIpc) is 2.64. The Morgan fingerprint density at radius 1 is 1.10 bits per heavy atom. The highest BCUT2D eigenvalue weighted by Gasteiger charge is 2.59. The number of phenolic OH excluding ortho intramolecular Hbond substituents is 1. The van der Waals surface area contributed by atoms with Crippen LogP contribution in [0.2, 0.25) is 0 Å². The van der Waals surface area contributed by atoms with E-state index in [-0.39, 0.29) is 41.5 Å². The molecule has 0 unspecified atom stereocenters. The highest BCUT2D eigenvalue weighted by atomic mass is 16.4. The van der Waals surface area contributed by atoms with Crippen molar-refractivity contribution < 1.29 is 44.7 Å². The minimum Gasteiger partial charge on any atom is -0.511 e. The van der Waals surface area contributed by atoms with Gasteiger partial charge in [0.05, 0.1) is 11.1 Å². The fraction of sp³-hybridized carbons (Fsp3) is 0.300. The fourth-order valence-electron chi connectivity index (χ4n) is 4.82. The number of aromatic carboxylic acids is 1. The predicted molar refractivity (Wildman–Crippen MR) is 97.8 cm³/mol. The lowest BCUT2D eigenvalue weighted by Crippen LogP contribution is -2.57. The third-order valence-corrected chi connectivity index (χ3v) is 6.18. The molecule has 30 heavy (non-hydrogen) atoms. The number of allylic oxidation sites excluding steroid dienone is 2. The van der Waals surface area contributed by atoms with Gasteiger partial charge in [0.25, 0.3) is 5.91 Å². The molecule has 10 heteroatoms. The van der Waals surface area contributed by atoms with E-state index in [9.17, 15) is 44.7 Å². The molecule has 0 saturated heterocycles. The summed E-state index contributed by atoms with van der Waals surface area (Å²) >= 11 is 0. The highest BCUT2D eigenvalue weighted by molar-refractivity contribution is 6.24. The monoisotopic (exact) mass is 415 g/mol. The maximum absolute atomic E-state index is 13.1. The molecule has 3 aliphatic rings. The van der Waals surface area contributed by atoms with Crippen LogP contribution in [0.15, 0.2) is 34.8 Å². The molecule has 0 radical (unpaired) electrons. The van der Waals surface area contributed by atoms with E-state index in [0.717, 1.165) is 12.1 Å². The number of carbonyl (C=O) groups excluding carboxylic acids is 3. The maximum Gasteiger partial charge on any atom is 0.335 e. The molecule has 1 aromatic carbocycles. The second-order valence-corrected chi connectivity index (χ2v) is 7.70. The zero-order valence-electron chi connectivity index (χ0n) is 15.4. The number of hydrogen-bond acceptors (Lipinski definition) is 8. The molecular weight excluding hydrogens is 398 g/mol. The smallest absolute Gasteiger partial charge is 0.335 e. The van der Waals surface area contributed by atoms with Gasteiger partial charge >= 0.3 is 5.97 Å². The van der Waals surface area contributed by atoms with Crippen molar-refractivity contribution in [3.05, 3.63) is 51.5 Å². The number of aliphatic hydroxyl groups excluding tert-OH is 2. The number of primary amides is 1. The number of phenols is 1. The Kier molecular flexibility index (Phi) is 4.04. The molecule has 3 atom stereocenters. The Morgan fingerprint density at radius 3 is 2.37 bits per heavy atom. The van der Waals surface area contributed by atoms with Gasteiger partial charge in [-0.25, -0.2) is 4.79 Å². The van der Waals surface area contributed by atoms with Gasteiger partial charge in [-0.3, -0.25) is 14.4 Å². The van der Waals surface area contributed by atoms with Crippen LogP contribution in [0.4, 0.5) is 0 Å². The zero-order valence-corrected chi connectivity index (χ0v) is 15.4. The average molecular weight is 415 g/mol. The minimum absolute atomic E-state index is 0.0512. The van der Waals surface area contributed by atoms with Gasteiger partial charge in [-0.2, -0.15) is 0 Å². The van der Waals surface area contributed by atoms with Crippen LogP contribution < -0.4 is 5.73 Å². The number of benzene rings is 1. The molecule has 0 aliphatic heterocycles. The lowest BCUT2D eigenvalue weighted by molar-refractivity contribution is -0.144. The van der Waals surface area contributed by atoms with Crippen LogP contribution in [0.3, 0.4) is 0 Å². The van der Waals surface area contributed by atoms with Crippen molar-refractivity contribution >= 4 is 23.4 Å². The standard InChI is InChI=1S/C20H17NO9/c21-18(27)14-11(23)5-7-3-6-4-9-8(19(28)29)1-2-10(22)13(9)15(24)12(6)16(25)20(7,30)17(14)26/h1-2,6-7,22-23,25,30H,3-5H2,(H2,21,27)(H,28,29)/t6-,7+,20+/m1/s1. The van der Waals surface area contributed by atoms with E-state index in [1.54, 1.807) is 0 Å². The van der Waals surface area contributed by atoms with Crippen molar-refractivity contribution in [1.29, 1.82) is 0 Å². The normalized spacial score (nSPS) is 28.0. The van der Waals surface area contributed by atoms with Gasteiger partial charge in [0.15, 0.2) is 11.4 Å². The van der Waals surface area contributed by atoms with Gasteiger partial charge in [-0.15, -0.1) is 0 Å². The number of carboxylic acids is 1. The Bertz CT molecular complexity index is 1130. The largest absolute Gasteiger partial charge is 0.511 e. The topological polar surface area (TPSA) is 195 Å². The van der Waals surface area contributed by atoms with E-state index in [1.807, 2.05) is 0 Å². The molecule has 0 saturated carbocycles. The molecule has 7 N–H and O–H groups in total. The van der Waals surface area contributed by atoms with E-state index in [4.69, 9.17) is 5.73 Å². The summed E-state index contributed by atoms with van der Waals surface area (Å²) in [6.45, 7) is 0. The third kappa shape index (κ3) is 2.34. The molecule has 3 aliphatic carbocycles. The highest BCUT2D eigenvalue weighted by Crippen LogP contribution is 2.51. The van der Waals surface area contributed by atoms with Gasteiger partial charge in [0, 0.05) is 17.9 Å². The Hall–Kier alpha value is -3.66. The number of carboxylic acid groups (broad SMARTS) is 1. The van der Waals surface area contributed by atoms with E-state index < -0.39 is 63.7 Å². The summed E-state index contributed by atoms with van der Waals surface area (Å²) in [4.78, 5) is 49.0. The number of Topliss-reactive ketones (excluding diaryl/α,β-unsaturated/α-hetero) is 2. The first kappa shape index (κ1) is 19.6. The molecule has 0 spiro atoms. The molecular formula is C20H17NO9. The Labute approximate surface area is 168 Å². The van der Waals surface area contributed by atoms with Crippen LogP contribution in [0, 0.1) is 11.8 Å². The summed E-state index contributed by atoms with van der Waals surface area (Å²) in [6, 6.07) is 2.20. The van der Waals surface area contributed by atoms with E-state index in [2.05, 4.69) is 0 Å². The first-order valence-electron chi connectivity index (χ1n) is 9.05. The van der Waals surface area contributed by atoms with Crippen LogP contribution in [-0.4, -0.2) is 54.6 Å². The van der Waals surface area contributed by atoms with Crippen molar-refractivity contribution in [1.82, 2.24) is 0 Å². The summed E-state index contributed by atoms with van der Waals surface area (Å²) in [5, 5.41) is 51.5. The van der Waals surface area contributed by atoms with E-state index in [0.29, 0.717) is 0 Å². The Balaban J connectivity index is 1.93. The van der Waals surface area contributed by atoms with Crippen molar-refractivity contribution in [2.75, 3.05) is 0 Å². The van der Waals surface area contributed by atoms with Gasteiger partial charge in [-0.05, 0) is 36.5 Å². The first-order chi connectivity index (χ1) is 14.0. The summed E-state index contributed by atoms with van der Waals surface area (Å²) in [7, 11) is 0. The molecule has 4 rings (SSSR count). The third-order valence-electron chi connectivity index (χ3n) is 6.18. The summed E-state index contributed by atoms with van der Waals surface area (Å²) in [5.41, 5.74) is 0.862. The number of hydrogen-bond donors (Lipinski definition) is 6. The van der Waals surface area contributed by atoms with Crippen LogP contribution in [-0.2, 0) is 16.0 Å². The number of carbonyl (C=O) groups is 4. The number of aromatic hydroxyl groups is 1. The van der Waals surface area contributed by atoms with Crippen LogP contribution >= 0.6 is 0 Å². The molecule has 1 amide bonds. The van der Waals surface area contributed by atoms with Crippen LogP contribution in [0.5, 0.6) is 5.75 Å². The van der Waals surface area contributed by atoms with Crippen molar-refractivity contribution in [2.45, 2.75) is 24.9 Å². The first-order valence-corrected chi connectivity index (χ1v) is 9.05. The number of rotatable bonds is 2. The van der Waals surface area contributed by atoms with E-state index >= 15 is 0 Å². The Morgan fingerprint density at radius 2 is 1.77 bits per heavy atom.